The molecule has 13 heteroatoms. The number of benzene rings is 3. The van der Waals surface area contributed by atoms with Crippen LogP contribution in [0, 0.1) is 0 Å². The molecule has 4 rings (SSSR count). The molecule has 1 heterocycles. The van der Waals surface area contributed by atoms with Gasteiger partial charge in [0.15, 0.2) is 0 Å². The number of halogens is 6. The second-order valence-corrected chi connectivity index (χ2v) is 8.23. The number of fused-ring (bicyclic) bond motifs is 2. The van der Waals surface area contributed by atoms with E-state index in [0.717, 1.165) is 18.3 Å². The Balaban J connectivity index is 0.00000306. The molecule has 0 spiro atoms. The first-order valence-corrected chi connectivity index (χ1v) is 10.1. The van der Waals surface area contributed by atoms with Crippen LogP contribution in [-0.2, 0) is 22.5 Å². The summed E-state index contributed by atoms with van der Waals surface area (Å²) in [7, 11) is -4.74. The molecule has 0 aliphatic heterocycles. The summed E-state index contributed by atoms with van der Waals surface area (Å²) in [6, 6.07) is 7.50. The fraction of sp³-hybridized carbons (Fsp3) is 0.100. The minimum absolute atomic E-state index is 0. The topological polar surface area (TPSA) is 83.0 Å². The summed E-state index contributed by atoms with van der Waals surface area (Å²) in [6.07, 6.45) is -8.99. The second kappa shape index (κ2) is 8.51. The first-order chi connectivity index (χ1) is 14.7. The standard InChI is InChI=1S/C20H10F6N2O3S.Na/c21-19(22,23)13-3-12(4-14(8-13)20(24,25)26)18-9-27-16-6-10-1-2-15(32(29,30)31)5-11(10)7-17(16)28-18;/h1-9H,(H,29,30,31);/q;+1/p-1. The van der Waals surface area contributed by atoms with Crippen molar-refractivity contribution < 1.29 is 68.9 Å². The Hall–Kier alpha value is -2.25. The average Bonchev–Trinajstić information content (AvgIpc) is 2.69. The fourth-order valence-corrected chi connectivity index (χ4v) is 3.64. The number of alkyl halides is 6. The van der Waals surface area contributed by atoms with E-state index in [9.17, 15) is 39.3 Å². The van der Waals surface area contributed by atoms with Crippen molar-refractivity contribution in [1.29, 1.82) is 0 Å². The third-order valence-corrected chi connectivity index (χ3v) is 5.48. The molecule has 3 aromatic carbocycles. The molecule has 0 radical (unpaired) electrons. The molecule has 0 aliphatic rings. The summed E-state index contributed by atoms with van der Waals surface area (Å²) >= 11 is 0. The summed E-state index contributed by atoms with van der Waals surface area (Å²) in [5, 5.41) is 0.784. The third kappa shape index (κ3) is 5.30. The number of hydrogen-bond donors (Lipinski definition) is 0. The van der Waals surface area contributed by atoms with E-state index in [1.54, 1.807) is 0 Å². The van der Waals surface area contributed by atoms with E-state index in [1.165, 1.54) is 18.2 Å². The molecule has 0 bridgehead atoms. The summed E-state index contributed by atoms with van der Waals surface area (Å²) in [4.78, 5) is 7.67. The van der Waals surface area contributed by atoms with Gasteiger partial charge in [-0.25, -0.2) is 13.4 Å². The van der Waals surface area contributed by atoms with E-state index in [-0.39, 0.29) is 57.7 Å². The van der Waals surface area contributed by atoms with Crippen molar-refractivity contribution in [2.75, 3.05) is 0 Å². The van der Waals surface area contributed by atoms with Gasteiger partial charge in [0.05, 0.1) is 38.9 Å². The van der Waals surface area contributed by atoms with Crippen molar-refractivity contribution in [1.82, 2.24) is 9.97 Å². The zero-order valence-electron chi connectivity index (χ0n) is 16.5. The van der Waals surface area contributed by atoms with Gasteiger partial charge in [-0.15, -0.1) is 0 Å². The molecule has 33 heavy (non-hydrogen) atoms. The van der Waals surface area contributed by atoms with Gasteiger partial charge in [0.1, 0.15) is 10.1 Å². The van der Waals surface area contributed by atoms with E-state index < -0.39 is 44.1 Å². The molecule has 5 nitrogen and oxygen atoms in total. The van der Waals surface area contributed by atoms with Crippen LogP contribution in [0.2, 0.25) is 0 Å². The molecule has 166 valence electrons. The summed E-state index contributed by atoms with van der Waals surface area (Å²) in [5.74, 6) is 0. The van der Waals surface area contributed by atoms with E-state index in [0.29, 0.717) is 17.5 Å². The molecule has 4 aromatic rings. The van der Waals surface area contributed by atoms with Crippen LogP contribution in [0.4, 0.5) is 26.3 Å². The van der Waals surface area contributed by atoms with Crippen LogP contribution in [0.15, 0.2) is 59.6 Å². The van der Waals surface area contributed by atoms with Crippen LogP contribution in [0.5, 0.6) is 0 Å². The van der Waals surface area contributed by atoms with Crippen molar-refractivity contribution in [3.05, 3.63) is 65.9 Å². The fourth-order valence-electron chi connectivity index (χ4n) is 3.13. The van der Waals surface area contributed by atoms with Gasteiger partial charge < -0.3 is 4.55 Å². The number of nitrogens with zero attached hydrogens (tertiary/aromatic N) is 2. The zero-order valence-corrected chi connectivity index (χ0v) is 19.3. The van der Waals surface area contributed by atoms with Gasteiger partial charge in [0, 0.05) is 5.56 Å². The van der Waals surface area contributed by atoms with Gasteiger partial charge >= 0.3 is 41.9 Å². The van der Waals surface area contributed by atoms with E-state index in [2.05, 4.69) is 9.97 Å². The summed E-state index contributed by atoms with van der Waals surface area (Å²) < 4.78 is 113. The summed E-state index contributed by atoms with van der Waals surface area (Å²) in [5.41, 5.74) is -3.33. The Kier molecular flexibility index (Phi) is 6.54. The molecule has 0 aliphatic carbocycles. The van der Waals surface area contributed by atoms with Crippen LogP contribution in [0.1, 0.15) is 11.1 Å². The number of rotatable bonds is 2. The van der Waals surface area contributed by atoms with Crippen molar-refractivity contribution in [2.45, 2.75) is 17.2 Å². The minimum atomic E-state index is -5.02. The van der Waals surface area contributed by atoms with Gasteiger partial charge in [-0.3, -0.25) is 4.98 Å². The van der Waals surface area contributed by atoms with E-state index in [1.807, 2.05) is 0 Å². The van der Waals surface area contributed by atoms with E-state index >= 15 is 0 Å². The maximum atomic E-state index is 13.1. The van der Waals surface area contributed by atoms with Crippen LogP contribution in [0.25, 0.3) is 33.1 Å². The molecule has 0 amide bonds. The van der Waals surface area contributed by atoms with Gasteiger partial charge in [-0.05, 0) is 53.2 Å². The average molecular weight is 494 g/mol. The van der Waals surface area contributed by atoms with Crippen molar-refractivity contribution in [2.24, 2.45) is 0 Å². The quantitative estimate of drug-likeness (QED) is 0.185. The Morgan fingerprint density at radius 3 is 1.88 bits per heavy atom. The maximum Gasteiger partial charge on any atom is 1.00 e. The van der Waals surface area contributed by atoms with Crippen LogP contribution >= 0.6 is 0 Å². The van der Waals surface area contributed by atoms with Gasteiger partial charge in [0.2, 0.25) is 0 Å². The van der Waals surface area contributed by atoms with Gasteiger partial charge in [0.25, 0.3) is 0 Å². The van der Waals surface area contributed by atoms with Crippen molar-refractivity contribution >= 4 is 31.9 Å². The molecular weight excluding hydrogens is 485 g/mol. The first kappa shape index (κ1) is 25.4. The van der Waals surface area contributed by atoms with Crippen molar-refractivity contribution in [3.63, 3.8) is 0 Å². The zero-order chi connectivity index (χ0) is 23.5. The predicted molar refractivity (Wildman–Crippen MR) is 100 cm³/mol. The SMILES string of the molecule is O=S(=O)([O-])c1ccc2cc3ncc(-c4cc(C(F)(F)F)cc(C(F)(F)F)c4)nc3cc2c1.[Na+]. The molecule has 0 unspecified atom stereocenters. The van der Waals surface area contributed by atoms with Gasteiger partial charge in [-0.1, -0.05) is 6.07 Å². The summed E-state index contributed by atoms with van der Waals surface area (Å²) in [6.45, 7) is 0. The number of aromatic nitrogens is 2. The van der Waals surface area contributed by atoms with Crippen LogP contribution in [-0.4, -0.2) is 22.9 Å². The molecule has 0 atom stereocenters. The normalized spacial score (nSPS) is 12.7. The van der Waals surface area contributed by atoms with Gasteiger partial charge in [-0.2, -0.15) is 26.3 Å². The molecule has 0 N–H and O–H groups in total. The Morgan fingerprint density at radius 1 is 0.758 bits per heavy atom. The molecule has 1 aromatic heterocycles. The molecule has 0 saturated carbocycles. The predicted octanol–water partition coefficient (Wildman–Crippen LogP) is 2.40. The molecule has 0 fully saturated rings. The molecular formula is C20H9F6N2NaO3S. The Bertz CT molecular complexity index is 1460. The minimum Gasteiger partial charge on any atom is -0.744 e. The van der Waals surface area contributed by atoms with Crippen LogP contribution in [0.3, 0.4) is 0 Å². The Labute approximate surface area is 204 Å². The van der Waals surface area contributed by atoms with E-state index in [4.69, 9.17) is 0 Å². The van der Waals surface area contributed by atoms with Crippen molar-refractivity contribution in [3.8, 4) is 11.3 Å². The van der Waals surface area contributed by atoms with Crippen LogP contribution < -0.4 is 29.6 Å². The Morgan fingerprint density at radius 2 is 1.33 bits per heavy atom. The third-order valence-electron chi connectivity index (χ3n) is 4.64. The monoisotopic (exact) mass is 494 g/mol. The largest absolute Gasteiger partial charge is 1.00 e. The second-order valence-electron chi connectivity index (χ2n) is 6.85. The number of hydrogen-bond acceptors (Lipinski definition) is 5. The smallest absolute Gasteiger partial charge is 0.744 e. The maximum absolute atomic E-state index is 13.1. The molecule has 0 saturated heterocycles. The first-order valence-electron chi connectivity index (χ1n) is 8.68.